The van der Waals surface area contributed by atoms with E-state index >= 15 is 0 Å². The highest BCUT2D eigenvalue weighted by atomic mass is 16.5. The van der Waals surface area contributed by atoms with E-state index in [1.165, 1.54) is 0 Å². The Morgan fingerprint density at radius 3 is 2.38 bits per heavy atom. The highest BCUT2D eigenvalue weighted by molar-refractivity contribution is 6.11. The predicted octanol–water partition coefficient (Wildman–Crippen LogP) is 2.74. The normalized spacial score (nSPS) is 10.8. The molecule has 6 heteroatoms. The molecule has 132 valence electrons. The largest absolute Gasteiger partial charge is 0.462 e. The molecule has 0 fully saturated rings. The number of hydrogen-bond donors (Lipinski definition) is 2. The summed E-state index contributed by atoms with van der Waals surface area (Å²) in [5, 5.41) is 5.42. The Labute approximate surface area is 143 Å². The van der Waals surface area contributed by atoms with Crippen molar-refractivity contribution in [3.8, 4) is 0 Å². The summed E-state index contributed by atoms with van der Waals surface area (Å²) in [5.41, 5.74) is -0.666. The van der Waals surface area contributed by atoms with Gasteiger partial charge in [-0.3, -0.25) is 9.59 Å². The molecule has 24 heavy (non-hydrogen) atoms. The van der Waals surface area contributed by atoms with Crippen molar-refractivity contribution >= 4 is 23.5 Å². The van der Waals surface area contributed by atoms with E-state index < -0.39 is 17.3 Å². The average Bonchev–Trinajstić information content (AvgIpc) is 2.55. The molecule has 0 heterocycles. The zero-order valence-electron chi connectivity index (χ0n) is 14.8. The monoisotopic (exact) mass is 334 g/mol. The number of benzene rings is 1. The molecule has 0 saturated carbocycles. The molecule has 0 aliphatic rings. The van der Waals surface area contributed by atoms with Gasteiger partial charge in [0.15, 0.2) is 0 Å². The first-order chi connectivity index (χ1) is 11.3. The van der Waals surface area contributed by atoms with Crippen LogP contribution in [0.2, 0.25) is 0 Å². The van der Waals surface area contributed by atoms with Crippen LogP contribution in [0.4, 0.5) is 5.69 Å². The van der Waals surface area contributed by atoms with Crippen LogP contribution in [-0.4, -0.2) is 30.9 Å². The molecule has 1 aromatic carbocycles. The van der Waals surface area contributed by atoms with Gasteiger partial charge in [-0.15, -0.1) is 0 Å². The van der Waals surface area contributed by atoms with Gasteiger partial charge < -0.3 is 15.4 Å². The molecule has 1 rings (SSSR count). The van der Waals surface area contributed by atoms with E-state index in [0.29, 0.717) is 12.2 Å². The van der Waals surface area contributed by atoms with E-state index in [1.807, 2.05) is 6.92 Å². The zero-order chi connectivity index (χ0) is 18.2. The summed E-state index contributed by atoms with van der Waals surface area (Å²) < 4.78 is 4.98. The molecule has 0 atom stereocenters. The predicted molar refractivity (Wildman–Crippen MR) is 92.7 cm³/mol. The molecular formula is C18H26N2O4. The molecule has 0 aliphatic heterocycles. The summed E-state index contributed by atoms with van der Waals surface area (Å²) in [6.45, 7) is 7.62. The van der Waals surface area contributed by atoms with Crippen molar-refractivity contribution in [3.63, 3.8) is 0 Å². The lowest BCUT2D eigenvalue weighted by Crippen LogP contribution is -2.45. The van der Waals surface area contributed by atoms with Crippen molar-refractivity contribution in [2.24, 2.45) is 5.41 Å². The van der Waals surface area contributed by atoms with Crippen molar-refractivity contribution in [3.05, 3.63) is 29.8 Å². The average molecular weight is 334 g/mol. The van der Waals surface area contributed by atoms with E-state index in [4.69, 9.17) is 4.74 Å². The molecule has 0 aromatic heterocycles. The molecule has 0 bridgehead atoms. The van der Waals surface area contributed by atoms with E-state index in [-0.39, 0.29) is 18.1 Å². The number of ether oxygens (including phenoxy) is 1. The second-order valence-corrected chi connectivity index (χ2v) is 5.95. The molecule has 0 unspecified atom stereocenters. The summed E-state index contributed by atoms with van der Waals surface area (Å²) in [6, 6.07) is 6.56. The third-order valence-corrected chi connectivity index (χ3v) is 3.62. The summed E-state index contributed by atoms with van der Waals surface area (Å²) >= 11 is 0. The number of anilines is 1. The van der Waals surface area contributed by atoms with Gasteiger partial charge in [0.05, 0.1) is 17.9 Å². The lowest BCUT2D eigenvalue weighted by molar-refractivity contribution is -0.138. The minimum absolute atomic E-state index is 0.243. The maximum atomic E-state index is 12.5. The Balaban J connectivity index is 2.87. The van der Waals surface area contributed by atoms with Crippen LogP contribution in [0.1, 0.15) is 50.9 Å². The third kappa shape index (κ3) is 5.08. The second kappa shape index (κ2) is 9.05. The first-order valence-corrected chi connectivity index (χ1v) is 8.20. The molecule has 0 spiro atoms. The van der Waals surface area contributed by atoms with Gasteiger partial charge in [-0.1, -0.05) is 25.5 Å². The van der Waals surface area contributed by atoms with Gasteiger partial charge in [-0.2, -0.15) is 0 Å². The molecule has 0 saturated heterocycles. The highest BCUT2D eigenvalue weighted by Gasteiger charge is 2.36. The number of carbonyl (C=O) groups is 3. The van der Waals surface area contributed by atoms with Gasteiger partial charge in [0, 0.05) is 6.54 Å². The first kappa shape index (κ1) is 19.7. The molecule has 0 aliphatic carbocycles. The van der Waals surface area contributed by atoms with Gasteiger partial charge in [-0.25, -0.2) is 4.79 Å². The van der Waals surface area contributed by atoms with Crippen molar-refractivity contribution in [2.45, 2.75) is 40.5 Å². The van der Waals surface area contributed by atoms with Gasteiger partial charge in [0.1, 0.15) is 5.41 Å². The van der Waals surface area contributed by atoms with Crippen molar-refractivity contribution < 1.29 is 19.1 Å². The number of esters is 1. The lowest BCUT2D eigenvalue weighted by atomic mass is 9.90. The topological polar surface area (TPSA) is 84.5 Å². The fourth-order valence-electron chi connectivity index (χ4n) is 1.96. The van der Waals surface area contributed by atoms with Crippen molar-refractivity contribution in [1.29, 1.82) is 0 Å². The van der Waals surface area contributed by atoms with Gasteiger partial charge in [-0.05, 0) is 39.3 Å². The number of amides is 2. The van der Waals surface area contributed by atoms with Crippen LogP contribution in [0.3, 0.4) is 0 Å². The Morgan fingerprint density at radius 1 is 1.08 bits per heavy atom. The number of nitrogens with one attached hydrogen (secondary N) is 2. The summed E-state index contributed by atoms with van der Waals surface area (Å²) in [6.07, 6.45) is 1.81. The number of hydrogen-bond acceptors (Lipinski definition) is 4. The number of para-hydroxylation sites is 1. The molecule has 1 aromatic rings. The number of unbranched alkanes of at least 4 members (excludes halogenated alkanes) is 1. The van der Waals surface area contributed by atoms with Crippen LogP contribution >= 0.6 is 0 Å². The lowest BCUT2D eigenvalue weighted by Gasteiger charge is -2.23. The maximum Gasteiger partial charge on any atom is 0.340 e. The van der Waals surface area contributed by atoms with Crippen LogP contribution in [0, 0.1) is 5.41 Å². The van der Waals surface area contributed by atoms with E-state index in [1.54, 1.807) is 45.0 Å². The quantitative estimate of drug-likeness (QED) is 0.435. The minimum atomic E-state index is -1.25. The number of carbonyl (C=O) groups excluding carboxylic acids is 3. The van der Waals surface area contributed by atoms with E-state index in [9.17, 15) is 14.4 Å². The SMILES string of the molecule is CCCCNC(=O)C(C)(C)C(=O)Nc1ccccc1C(=O)OCC. The summed E-state index contributed by atoms with van der Waals surface area (Å²) in [4.78, 5) is 36.7. The Morgan fingerprint density at radius 2 is 1.75 bits per heavy atom. The van der Waals surface area contributed by atoms with Crippen LogP contribution in [0.25, 0.3) is 0 Å². The fourth-order valence-corrected chi connectivity index (χ4v) is 1.96. The highest BCUT2D eigenvalue weighted by Crippen LogP contribution is 2.22. The molecule has 2 N–H and O–H groups in total. The molecule has 0 radical (unpaired) electrons. The third-order valence-electron chi connectivity index (χ3n) is 3.62. The molecule has 2 amide bonds. The van der Waals surface area contributed by atoms with Crippen LogP contribution in [-0.2, 0) is 14.3 Å². The fraction of sp³-hybridized carbons (Fsp3) is 0.500. The second-order valence-electron chi connectivity index (χ2n) is 5.95. The van der Waals surface area contributed by atoms with Crippen LogP contribution < -0.4 is 10.6 Å². The summed E-state index contributed by atoms with van der Waals surface area (Å²) in [7, 11) is 0. The Kier molecular flexibility index (Phi) is 7.42. The van der Waals surface area contributed by atoms with Crippen LogP contribution in [0.5, 0.6) is 0 Å². The van der Waals surface area contributed by atoms with Crippen molar-refractivity contribution in [2.75, 3.05) is 18.5 Å². The Bertz CT molecular complexity index is 596. The smallest absolute Gasteiger partial charge is 0.340 e. The summed E-state index contributed by atoms with van der Waals surface area (Å²) in [5.74, 6) is -1.34. The first-order valence-electron chi connectivity index (χ1n) is 8.20. The standard InChI is InChI=1S/C18H26N2O4/c1-5-7-12-19-16(22)18(3,4)17(23)20-14-11-9-8-10-13(14)15(21)24-6-2/h8-11H,5-7,12H2,1-4H3,(H,19,22)(H,20,23). The van der Waals surface area contributed by atoms with E-state index in [2.05, 4.69) is 10.6 Å². The van der Waals surface area contributed by atoms with Crippen molar-refractivity contribution in [1.82, 2.24) is 5.32 Å². The minimum Gasteiger partial charge on any atom is -0.462 e. The molecule has 6 nitrogen and oxygen atoms in total. The number of rotatable bonds is 8. The van der Waals surface area contributed by atoms with Gasteiger partial charge in [0.2, 0.25) is 11.8 Å². The zero-order valence-corrected chi connectivity index (χ0v) is 14.8. The van der Waals surface area contributed by atoms with E-state index in [0.717, 1.165) is 12.8 Å². The van der Waals surface area contributed by atoms with Crippen LogP contribution in [0.15, 0.2) is 24.3 Å². The molecular weight excluding hydrogens is 308 g/mol. The maximum absolute atomic E-state index is 12.5. The van der Waals surface area contributed by atoms with Gasteiger partial charge >= 0.3 is 5.97 Å². The Hall–Kier alpha value is -2.37. The van der Waals surface area contributed by atoms with Gasteiger partial charge in [0.25, 0.3) is 0 Å².